The number of hydrogen-bond acceptors (Lipinski definition) is 5. The number of pyridine rings is 1. The molecule has 0 aliphatic carbocycles. The molecule has 0 unspecified atom stereocenters. The van der Waals surface area contributed by atoms with Gasteiger partial charge in [-0.3, -0.25) is 10.0 Å². The molecule has 1 aromatic carbocycles. The number of fused-ring (bicyclic) bond motifs is 1. The monoisotopic (exact) mass is 373 g/mol. The highest BCUT2D eigenvalue weighted by Gasteiger charge is 2.23. The van der Waals surface area contributed by atoms with Gasteiger partial charge in [-0.05, 0) is 36.8 Å². The molecule has 7 nitrogen and oxygen atoms in total. The summed E-state index contributed by atoms with van der Waals surface area (Å²) in [7, 11) is 0. The number of carbonyl (C=O) groups excluding carboxylic acids is 2. The third-order valence-corrected chi connectivity index (χ3v) is 4.48. The predicted octanol–water partition coefficient (Wildman–Crippen LogP) is 0.153. The lowest BCUT2D eigenvalue weighted by molar-refractivity contribution is -0.889. The van der Waals surface area contributed by atoms with Gasteiger partial charge < -0.3 is 21.0 Å². The van der Waals surface area contributed by atoms with Crippen molar-refractivity contribution in [1.82, 2.24) is 5.32 Å². The quantitative estimate of drug-likeness (QED) is 0.427. The van der Waals surface area contributed by atoms with Crippen molar-refractivity contribution in [2.24, 2.45) is 17.6 Å². The number of amides is 1. The van der Waals surface area contributed by atoms with Crippen molar-refractivity contribution < 1.29 is 24.6 Å². The van der Waals surface area contributed by atoms with Gasteiger partial charge in [0.2, 0.25) is 11.6 Å². The van der Waals surface area contributed by atoms with Gasteiger partial charge >= 0.3 is 0 Å². The lowest BCUT2D eigenvalue weighted by Crippen LogP contribution is -2.47. The number of nitrogens with one attached hydrogen (secondary N) is 1. The van der Waals surface area contributed by atoms with Gasteiger partial charge in [-0.25, -0.2) is 0 Å². The van der Waals surface area contributed by atoms with E-state index in [4.69, 9.17) is 5.73 Å². The van der Waals surface area contributed by atoms with Crippen LogP contribution in [0.3, 0.4) is 0 Å². The smallest absolute Gasteiger partial charge is 0.264 e. The van der Waals surface area contributed by atoms with Crippen molar-refractivity contribution >= 4 is 22.8 Å². The summed E-state index contributed by atoms with van der Waals surface area (Å²) in [4.78, 5) is 23.2. The molecule has 0 saturated heterocycles. The Hall–Kier alpha value is -2.67. The van der Waals surface area contributed by atoms with Crippen LogP contribution in [0.25, 0.3) is 10.9 Å². The van der Waals surface area contributed by atoms with Crippen molar-refractivity contribution in [3.05, 3.63) is 42.1 Å². The second kappa shape index (κ2) is 9.32. The van der Waals surface area contributed by atoms with Crippen LogP contribution in [-0.2, 0) is 16.0 Å². The highest BCUT2D eigenvalue weighted by atomic mass is 16.5. The fourth-order valence-corrected chi connectivity index (χ4v) is 3.22. The average molecular weight is 373 g/mol. The van der Waals surface area contributed by atoms with Crippen molar-refractivity contribution in [1.29, 1.82) is 0 Å². The zero-order chi connectivity index (χ0) is 20.0. The van der Waals surface area contributed by atoms with Gasteiger partial charge in [-0.1, -0.05) is 26.0 Å². The van der Waals surface area contributed by atoms with Crippen LogP contribution in [0.2, 0.25) is 0 Å². The number of nitrogens with two attached hydrogens (primary N) is 1. The predicted molar refractivity (Wildman–Crippen MR) is 98.6 cm³/mol. The summed E-state index contributed by atoms with van der Waals surface area (Å²) in [6.07, 6.45) is 0.725. The van der Waals surface area contributed by atoms with Crippen LogP contribution in [-0.4, -0.2) is 29.7 Å². The number of para-hydroxylation sites is 1. The van der Waals surface area contributed by atoms with E-state index < -0.39 is 12.0 Å². The van der Waals surface area contributed by atoms with E-state index in [9.17, 15) is 19.9 Å². The van der Waals surface area contributed by atoms with E-state index in [1.165, 1.54) is 0 Å². The lowest BCUT2D eigenvalue weighted by atomic mass is 9.94. The van der Waals surface area contributed by atoms with Crippen molar-refractivity contribution in [3.8, 4) is 0 Å². The van der Waals surface area contributed by atoms with Crippen LogP contribution in [0.1, 0.15) is 32.4 Å². The number of rotatable bonds is 9. The summed E-state index contributed by atoms with van der Waals surface area (Å²) in [5, 5.41) is 24.8. The Bertz CT molecular complexity index is 807. The molecule has 7 heteroatoms. The van der Waals surface area contributed by atoms with Crippen LogP contribution >= 0.6 is 0 Å². The van der Waals surface area contributed by atoms with Crippen molar-refractivity contribution in [2.75, 3.05) is 6.54 Å². The summed E-state index contributed by atoms with van der Waals surface area (Å²) < 4.78 is 1.04. The molecule has 0 bridgehead atoms. The molecule has 27 heavy (non-hydrogen) atoms. The first-order chi connectivity index (χ1) is 12.8. The van der Waals surface area contributed by atoms with Gasteiger partial charge in [-0.15, -0.1) is 0 Å². The number of benzene rings is 1. The van der Waals surface area contributed by atoms with E-state index in [0.29, 0.717) is 23.5 Å². The molecule has 4 N–H and O–H groups in total. The molecule has 0 saturated carbocycles. The Morgan fingerprint density at radius 2 is 1.93 bits per heavy atom. The Labute approximate surface area is 158 Å². The number of carboxylic acid groups (broad SMARTS) is 1. The topological polar surface area (TPSA) is 119 Å². The lowest BCUT2D eigenvalue weighted by Gasteiger charge is -2.21. The maximum atomic E-state index is 12.3. The van der Waals surface area contributed by atoms with Gasteiger partial charge in [0.05, 0.1) is 17.8 Å². The van der Waals surface area contributed by atoms with E-state index in [0.717, 1.165) is 10.1 Å². The first kappa shape index (κ1) is 20.6. The number of hydrogen-bond donors (Lipinski definition) is 3. The number of carboxylic acids is 1. The van der Waals surface area contributed by atoms with Gasteiger partial charge in [-0.2, -0.15) is 0 Å². The third-order valence-electron chi connectivity index (χ3n) is 4.48. The Balaban J connectivity index is 1.98. The van der Waals surface area contributed by atoms with E-state index in [1.54, 1.807) is 12.1 Å². The van der Waals surface area contributed by atoms with Crippen LogP contribution < -0.4 is 20.9 Å². The van der Waals surface area contributed by atoms with E-state index >= 15 is 0 Å². The molecule has 146 valence electrons. The van der Waals surface area contributed by atoms with E-state index in [1.807, 2.05) is 38.1 Å². The number of nitrogens with zero attached hydrogens (tertiary/aromatic N) is 1. The molecular formula is C20H27N3O4. The maximum absolute atomic E-state index is 12.3. The second-order valence-electron chi connectivity index (χ2n) is 7.32. The molecule has 0 radical (unpaired) electrons. The van der Waals surface area contributed by atoms with Crippen molar-refractivity contribution in [3.63, 3.8) is 0 Å². The summed E-state index contributed by atoms with van der Waals surface area (Å²) in [6, 6.07) is 10.1. The zero-order valence-corrected chi connectivity index (χ0v) is 15.7. The van der Waals surface area contributed by atoms with Gasteiger partial charge in [0.1, 0.15) is 0 Å². The molecular weight excluding hydrogens is 346 g/mol. The molecule has 1 aromatic heterocycles. The number of aliphatic carboxylic acids is 1. The van der Waals surface area contributed by atoms with Crippen LogP contribution in [0.4, 0.5) is 0 Å². The van der Waals surface area contributed by atoms with Crippen LogP contribution in [0.15, 0.2) is 36.4 Å². The fraction of sp³-hybridized carbons (Fsp3) is 0.450. The number of carbonyl (C=O) groups is 2. The molecule has 0 fully saturated rings. The highest BCUT2D eigenvalue weighted by molar-refractivity contribution is 5.82. The minimum Gasteiger partial charge on any atom is -0.550 e. The van der Waals surface area contributed by atoms with Crippen LogP contribution in [0, 0.1) is 11.8 Å². The number of aromatic nitrogens is 1. The maximum Gasteiger partial charge on any atom is 0.264 e. The van der Waals surface area contributed by atoms with E-state index in [2.05, 4.69) is 5.32 Å². The Morgan fingerprint density at radius 3 is 2.59 bits per heavy atom. The summed E-state index contributed by atoms with van der Waals surface area (Å²) in [5.74, 6) is -1.40. The van der Waals surface area contributed by atoms with Crippen LogP contribution in [0.5, 0.6) is 0 Å². The zero-order valence-electron chi connectivity index (χ0n) is 15.7. The molecule has 0 aliphatic heterocycles. The molecule has 0 aliphatic rings. The minimum atomic E-state index is -1.13. The first-order valence-corrected chi connectivity index (χ1v) is 9.13. The highest BCUT2D eigenvalue weighted by Crippen LogP contribution is 2.14. The summed E-state index contributed by atoms with van der Waals surface area (Å²) in [5.41, 5.74) is 7.14. The van der Waals surface area contributed by atoms with E-state index in [-0.39, 0.29) is 31.2 Å². The Morgan fingerprint density at radius 1 is 1.22 bits per heavy atom. The summed E-state index contributed by atoms with van der Waals surface area (Å²) in [6.45, 7) is 4.22. The SMILES string of the molecule is CC(C)C[C@H](CNC(=O)[C@H](N)Cc1ccc2ccccc2[n+]1O)CC(=O)[O-]. The van der Waals surface area contributed by atoms with Gasteiger partial charge in [0.15, 0.2) is 0 Å². The first-order valence-electron chi connectivity index (χ1n) is 9.13. The standard InChI is InChI=1S/C20H27N3O4/c1-13(2)9-14(10-19(24)25)12-22-20(26)17(21)11-16-8-7-15-5-3-4-6-18(15)23(16)27/h3-8,13-14,17H,9-12,21H2,1-2H3,(H2-,22,24,25,26,27)/t14-,17+/m0/s1. The molecule has 2 rings (SSSR count). The molecule has 0 spiro atoms. The third kappa shape index (κ3) is 5.92. The minimum absolute atomic E-state index is 0.102. The average Bonchev–Trinajstić information content (AvgIpc) is 2.61. The largest absolute Gasteiger partial charge is 0.550 e. The molecule has 1 heterocycles. The molecule has 2 aromatic rings. The van der Waals surface area contributed by atoms with Crippen molar-refractivity contribution in [2.45, 2.75) is 39.2 Å². The Kier molecular flexibility index (Phi) is 7.12. The van der Waals surface area contributed by atoms with Gasteiger partial charge in [0.25, 0.3) is 5.52 Å². The summed E-state index contributed by atoms with van der Waals surface area (Å²) >= 11 is 0. The molecule has 1 amide bonds. The molecule has 2 atom stereocenters. The normalized spacial score (nSPS) is 13.5. The fourth-order valence-electron chi connectivity index (χ4n) is 3.22. The second-order valence-corrected chi connectivity index (χ2v) is 7.32. The van der Waals surface area contributed by atoms with Gasteiger partial charge in [0, 0.05) is 29.4 Å².